The van der Waals surface area contributed by atoms with Crippen LogP contribution in [0.25, 0.3) is 10.9 Å². The first kappa shape index (κ1) is 29.7. The Labute approximate surface area is 264 Å². The highest BCUT2D eigenvalue weighted by Crippen LogP contribution is 2.34. The number of fused-ring (bicyclic) bond motifs is 1. The van der Waals surface area contributed by atoms with Gasteiger partial charge >= 0.3 is 6.03 Å². The van der Waals surface area contributed by atoms with Crippen LogP contribution < -0.4 is 20.4 Å². The molecule has 11 nitrogen and oxygen atoms in total. The Morgan fingerprint density at radius 2 is 1.67 bits per heavy atom. The summed E-state index contributed by atoms with van der Waals surface area (Å²) in [7, 11) is 0. The van der Waals surface area contributed by atoms with Crippen LogP contribution in [0.15, 0.2) is 42.6 Å². The van der Waals surface area contributed by atoms with Crippen LogP contribution in [-0.4, -0.2) is 82.8 Å². The molecule has 11 heteroatoms. The van der Waals surface area contributed by atoms with E-state index in [4.69, 9.17) is 0 Å². The Kier molecular flexibility index (Phi) is 8.69. The summed E-state index contributed by atoms with van der Waals surface area (Å²) < 4.78 is 2.38. The molecule has 0 atom stereocenters. The Morgan fingerprint density at radius 1 is 0.867 bits per heavy atom. The van der Waals surface area contributed by atoms with Crippen molar-refractivity contribution in [2.75, 3.05) is 49.1 Å². The molecule has 0 radical (unpaired) electrons. The fraction of sp³-hybridized carbons (Fsp3) is 0.559. The number of hydrogen-bond donors (Lipinski definition) is 2. The van der Waals surface area contributed by atoms with E-state index in [1.54, 1.807) is 4.90 Å². The molecule has 1 saturated carbocycles. The SMILES string of the molecule is O=C1CCN(c2cccc3c2ccn3C2CCN(CC3CCN(c4ccc(C(=O)NC5CCCCC5)nn4)CC3)CC2)C(=O)N1. The molecule has 1 aliphatic carbocycles. The van der Waals surface area contributed by atoms with Crippen LogP contribution >= 0.6 is 0 Å². The van der Waals surface area contributed by atoms with Gasteiger partial charge in [-0.05, 0) is 74.8 Å². The topological polar surface area (TPSA) is 116 Å². The lowest BCUT2D eigenvalue weighted by atomic mass is 9.94. The van der Waals surface area contributed by atoms with E-state index in [1.807, 2.05) is 24.3 Å². The summed E-state index contributed by atoms with van der Waals surface area (Å²) in [5, 5.41) is 15.3. The van der Waals surface area contributed by atoms with Gasteiger partial charge in [0.05, 0.1) is 11.2 Å². The van der Waals surface area contributed by atoms with Crippen molar-refractivity contribution in [2.24, 2.45) is 5.92 Å². The number of nitrogens with one attached hydrogen (secondary N) is 2. The van der Waals surface area contributed by atoms with Gasteiger partial charge in [0.15, 0.2) is 11.5 Å². The number of nitrogens with zero attached hydrogens (tertiary/aromatic N) is 6. The molecule has 3 saturated heterocycles. The number of carbonyl (C=O) groups is 3. The van der Waals surface area contributed by atoms with Gasteiger partial charge in [0.1, 0.15) is 0 Å². The smallest absolute Gasteiger partial charge is 0.328 e. The number of carbonyl (C=O) groups excluding carboxylic acids is 3. The second kappa shape index (κ2) is 13.2. The molecule has 5 heterocycles. The number of amides is 4. The molecule has 7 rings (SSSR count). The second-order valence-corrected chi connectivity index (χ2v) is 13.2. The summed E-state index contributed by atoms with van der Waals surface area (Å²) in [6, 6.07) is 12.3. The van der Waals surface area contributed by atoms with E-state index in [-0.39, 0.29) is 23.9 Å². The van der Waals surface area contributed by atoms with Gasteiger partial charge in [-0.1, -0.05) is 25.3 Å². The number of piperidine rings is 2. The minimum absolute atomic E-state index is 0.108. The van der Waals surface area contributed by atoms with Gasteiger partial charge in [0, 0.05) is 69.4 Å². The molecule has 4 amide bonds. The van der Waals surface area contributed by atoms with Crippen molar-refractivity contribution in [1.82, 2.24) is 30.3 Å². The van der Waals surface area contributed by atoms with Crippen LogP contribution in [0.5, 0.6) is 0 Å². The van der Waals surface area contributed by atoms with E-state index < -0.39 is 0 Å². The third-order valence-corrected chi connectivity index (χ3v) is 10.3. The predicted molar refractivity (Wildman–Crippen MR) is 173 cm³/mol. The first-order chi connectivity index (χ1) is 22.0. The van der Waals surface area contributed by atoms with Crippen molar-refractivity contribution in [1.29, 1.82) is 0 Å². The standard InChI is InChI=1S/C34H44N8O3/c43-32-16-22-42(34(45)36-32)30-8-4-7-29-27(30)15-21-41(29)26-13-17-39(18-14-26)23-24-11-19-40(20-12-24)31-10-9-28(37-38-31)33(44)35-25-5-2-1-3-6-25/h4,7-10,15,21,24-26H,1-3,5-6,11-14,16-20,22-23H2,(H,35,44)(H,36,43,45). The van der Waals surface area contributed by atoms with Gasteiger partial charge < -0.3 is 19.7 Å². The Hall–Kier alpha value is -3.99. The summed E-state index contributed by atoms with van der Waals surface area (Å²) in [6.45, 7) is 5.62. The molecule has 0 spiro atoms. The van der Waals surface area contributed by atoms with Crippen molar-refractivity contribution in [3.8, 4) is 0 Å². The lowest BCUT2D eigenvalue weighted by molar-refractivity contribution is -0.120. The number of hydrogen-bond acceptors (Lipinski definition) is 7. The van der Waals surface area contributed by atoms with Crippen LogP contribution in [0.1, 0.15) is 80.7 Å². The average Bonchev–Trinajstić information content (AvgIpc) is 3.51. The number of urea groups is 1. The maximum atomic E-state index is 12.6. The van der Waals surface area contributed by atoms with Gasteiger partial charge in [-0.2, -0.15) is 0 Å². The van der Waals surface area contributed by atoms with E-state index in [9.17, 15) is 14.4 Å². The third kappa shape index (κ3) is 6.54. The zero-order valence-electron chi connectivity index (χ0n) is 26.0. The van der Waals surface area contributed by atoms with E-state index >= 15 is 0 Å². The summed E-state index contributed by atoms with van der Waals surface area (Å²) in [5.74, 6) is 1.21. The Morgan fingerprint density at radius 3 is 2.40 bits per heavy atom. The lowest BCUT2D eigenvalue weighted by Crippen LogP contribution is -2.49. The highest BCUT2D eigenvalue weighted by Gasteiger charge is 2.29. The molecule has 3 aliphatic heterocycles. The maximum Gasteiger partial charge on any atom is 0.328 e. The van der Waals surface area contributed by atoms with E-state index in [2.05, 4.69) is 53.5 Å². The first-order valence-corrected chi connectivity index (χ1v) is 16.8. The first-order valence-electron chi connectivity index (χ1n) is 16.8. The number of imide groups is 1. The monoisotopic (exact) mass is 612 g/mol. The summed E-state index contributed by atoms with van der Waals surface area (Å²) in [6.07, 6.45) is 12.7. The molecule has 4 fully saturated rings. The molecule has 2 N–H and O–H groups in total. The Bertz CT molecular complexity index is 1520. The third-order valence-electron chi connectivity index (χ3n) is 10.3. The van der Waals surface area contributed by atoms with Gasteiger partial charge in [-0.25, -0.2) is 4.79 Å². The summed E-state index contributed by atoms with van der Waals surface area (Å²) in [4.78, 5) is 43.4. The van der Waals surface area contributed by atoms with Crippen molar-refractivity contribution in [3.63, 3.8) is 0 Å². The molecule has 0 bridgehead atoms. The van der Waals surface area contributed by atoms with Gasteiger partial charge in [-0.3, -0.25) is 19.8 Å². The zero-order chi connectivity index (χ0) is 30.8. The zero-order valence-corrected chi connectivity index (χ0v) is 26.0. The van der Waals surface area contributed by atoms with Gasteiger partial charge in [0.2, 0.25) is 5.91 Å². The highest BCUT2D eigenvalue weighted by atomic mass is 16.2. The van der Waals surface area contributed by atoms with Gasteiger partial charge in [-0.15, -0.1) is 10.2 Å². The molecule has 3 aromatic rings. The molecule has 2 aromatic heterocycles. The largest absolute Gasteiger partial charge is 0.355 e. The number of aromatic nitrogens is 3. The fourth-order valence-corrected chi connectivity index (χ4v) is 7.73. The number of likely N-dealkylation sites (tertiary alicyclic amines) is 1. The molecule has 4 aliphatic rings. The van der Waals surface area contributed by atoms with Gasteiger partial charge in [0.25, 0.3) is 5.91 Å². The minimum atomic E-state index is -0.342. The summed E-state index contributed by atoms with van der Waals surface area (Å²) >= 11 is 0. The molecule has 45 heavy (non-hydrogen) atoms. The van der Waals surface area contributed by atoms with Crippen LogP contribution in [0.4, 0.5) is 16.3 Å². The number of benzene rings is 1. The van der Waals surface area contributed by atoms with E-state index in [0.717, 1.165) is 93.7 Å². The van der Waals surface area contributed by atoms with Crippen LogP contribution in [0.2, 0.25) is 0 Å². The number of rotatable bonds is 7. The Balaban J connectivity index is 0.884. The van der Waals surface area contributed by atoms with Crippen LogP contribution in [-0.2, 0) is 4.79 Å². The van der Waals surface area contributed by atoms with Crippen molar-refractivity contribution < 1.29 is 14.4 Å². The minimum Gasteiger partial charge on any atom is -0.355 e. The molecular formula is C34H44N8O3. The van der Waals surface area contributed by atoms with Crippen molar-refractivity contribution in [2.45, 2.75) is 76.3 Å². The fourth-order valence-electron chi connectivity index (χ4n) is 7.73. The normalized spacial score (nSPS) is 21.3. The molecule has 0 unspecified atom stereocenters. The van der Waals surface area contributed by atoms with Crippen molar-refractivity contribution >= 4 is 40.3 Å². The van der Waals surface area contributed by atoms with Crippen molar-refractivity contribution in [3.05, 3.63) is 48.3 Å². The van der Waals surface area contributed by atoms with Crippen LogP contribution in [0, 0.1) is 5.92 Å². The number of anilines is 2. The predicted octanol–water partition coefficient (Wildman–Crippen LogP) is 4.49. The van der Waals surface area contributed by atoms with E-state index in [1.165, 1.54) is 19.3 Å². The lowest BCUT2D eigenvalue weighted by Gasteiger charge is -2.38. The molecular weight excluding hydrogens is 568 g/mol. The maximum absolute atomic E-state index is 12.6. The van der Waals surface area contributed by atoms with Crippen LogP contribution in [0.3, 0.4) is 0 Å². The average molecular weight is 613 g/mol. The second-order valence-electron chi connectivity index (χ2n) is 13.2. The van der Waals surface area contributed by atoms with E-state index in [0.29, 0.717) is 30.6 Å². The molecule has 238 valence electrons. The summed E-state index contributed by atoms with van der Waals surface area (Å²) in [5.41, 5.74) is 2.41. The quantitative estimate of drug-likeness (QED) is 0.404. The highest BCUT2D eigenvalue weighted by molar-refractivity contribution is 6.09. The molecule has 1 aromatic carbocycles.